The number of carbonyl (C=O) groups excluding carboxylic acids is 1. The highest BCUT2D eigenvalue weighted by Crippen LogP contribution is 2.30. The summed E-state index contributed by atoms with van der Waals surface area (Å²) in [4.78, 5) is 24.8. The largest absolute Gasteiger partial charge is 0.398 e. The number of nitrogen functional groups attached to an aromatic ring is 1. The van der Waals surface area contributed by atoms with Gasteiger partial charge in [0.05, 0.1) is 10.9 Å². The van der Waals surface area contributed by atoms with Gasteiger partial charge in [-0.25, -0.2) is 0 Å². The van der Waals surface area contributed by atoms with E-state index in [9.17, 15) is 9.59 Å². The predicted molar refractivity (Wildman–Crippen MR) is 92.7 cm³/mol. The van der Waals surface area contributed by atoms with Gasteiger partial charge in [-0.15, -0.1) is 0 Å². The number of nitrogens with zero attached hydrogens (tertiary/aromatic N) is 1. The molecule has 23 heavy (non-hydrogen) atoms. The van der Waals surface area contributed by atoms with Crippen LogP contribution in [0.4, 0.5) is 5.69 Å². The van der Waals surface area contributed by atoms with Crippen molar-refractivity contribution < 1.29 is 4.79 Å². The molecule has 3 rings (SSSR count). The Morgan fingerprint density at radius 2 is 1.91 bits per heavy atom. The van der Waals surface area contributed by atoms with Crippen molar-refractivity contribution in [2.24, 2.45) is 0 Å². The molecule has 0 spiro atoms. The molecule has 1 aromatic carbocycles. The first-order valence-electron chi connectivity index (χ1n) is 8.29. The number of pyridine rings is 1. The Bertz CT molecular complexity index is 787. The Morgan fingerprint density at radius 1 is 1.22 bits per heavy atom. The molecule has 5 heteroatoms. The van der Waals surface area contributed by atoms with Crippen molar-refractivity contribution in [3.05, 3.63) is 40.2 Å². The normalized spacial score (nSPS) is 16.2. The molecule has 0 atom stereocenters. The van der Waals surface area contributed by atoms with Gasteiger partial charge in [-0.2, -0.15) is 0 Å². The first-order chi connectivity index (χ1) is 11.1. The van der Waals surface area contributed by atoms with E-state index in [-0.39, 0.29) is 16.9 Å². The van der Waals surface area contributed by atoms with Crippen molar-refractivity contribution in [2.45, 2.75) is 44.6 Å². The topological polar surface area (TPSA) is 77.1 Å². The van der Waals surface area contributed by atoms with Gasteiger partial charge in [-0.3, -0.25) is 9.59 Å². The minimum atomic E-state index is -0.359. The van der Waals surface area contributed by atoms with Crippen molar-refractivity contribution in [1.82, 2.24) is 9.88 Å². The van der Waals surface area contributed by atoms with Crippen LogP contribution in [0.1, 0.15) is 54.9 Å². The maximum Gasteiger partial charge on any atom is 0.256 e. The van der Waals surface area contributed by atoms with E-state index in [1.165, 1.54) is 32.7 Å². The minimum absolute atomic E-state index is 0.169. The van der Waals surface area contributed by atoms with E-state index in [0.29, 0.717) is 17.1 Å². The fourth-order valence-corrected chi connectivity index (χ4v) is 3.56. The number of anilines is 1. The van der Waals surface area contributed by atoms with Crippen LogP contribution < -0.4 is 16.5 Å². The number of hydrogen-bond donors (Lipinski definition) is 2. The average molecular weight is 313 g/mol. The number of aromatic nitrogens is 1. The van der Waals surface area contributed by atoms with Crippen molar-refractivity contribution in [3.8, 4) is 0 Å². The number of nitrogens with one attached hydrogen (secondary N) is 1. The molecule has 0 saturated heterocycles. The number of nitrogens with two attached hydrogens (primary N) is 1. The fourth-order valence-electron chi connectivity index (χ4n) is 3.56. The Balaban J connectivity index is 2.27. The van der Waals surface area contributed by atoms with E-state index in [0.717, 1.165) is 18.4 Å². The van der Waals surface area contributed by atoms with Crippen molar-refractivity contribution >= 4 is 22.5 Å². The molecule has 2 aromatic rings. The van der Waals surface area contributed by atoms with Crippen molar-refractivity contribution in [3.63, 3.8) is 0 Å². The van der Waals surface area contributed by atoms with Gasteiger partial charge in [0, 0.05) is 25.0 Å². The maximum absolute atomic E-state index is 12.7. The third kappa shape index (κ3) is 2.83. The first kappa shape index (κ1) is 15.6. The molecule has 0 unspecified atom stereocenters. The van der Waals surface area contributed by atoms with E-state index in [2.05, 4.69) is 9.88 Å². The first-order valence-corrected chi connectivity index (χ1v) is 8.29. The van der Waals surface area contributed by atoms with Gasteiger partial charge in [-0.1, -0.05) is 31.7 Å². The predicted octanol–water partition coefficient (Wildman–Crippen LogP) is 2.84. The van der Waals surface area contributed by atoms with E-state index >= 15 is 0 Å². The third-order valence-electron chi connectivity index (χ3n) is 4.78. The van der Waals surface area contributed by atoms with Crippen LogP contribution in [0.25, 0.3) is 10.9 Å². The lowest BCUT2D eigenvalue weighted by Crippen LogP contribution is -2.28. The van der Waals surface area contributed by atoms with Gasteiger partial charge in [0.1, 0.15) is 5.56 Å². The molecule has 122 valence electrons. The third-order valence-corrected chi connectivity index (χ3v) is 4.78. The Morgan fingerprint density at radius 3 is 2.57 bits per heavy atom. The molecule has 1 aromatic heterocycles. The number of carbonyl (C=O) groups is 1. The Hall–Kier alpha value is -2.30. The summed E-state index contributed by atoms with van der Waals surface area (Å²) in [6.07, 6.45) is 8.71. The summed E-state index contributed by atoms with van der Waals surface area (Å²) in [6.45, 7) is 0. The molecule has 0 radical (unpaired) electrons. The number of benzene rings is 1. The van der Waals surface area contributed by atoms with E-state index in [4.69, 9.17) is 5.73 Å². The molecule has 1 heterocycles. The molecule has 1 fully saturated rings. The Kier molecular flexibility index (Phi) is 4.37. The smallest absolute Gasteiger partial charge is 0.256 e. The van der Waals surface area contributed by atoms with Crippen LogP contribution in [0.3, 0.4) is 0 Å². The minimum Gasteiger partial charge on any atom is -0.398 e. The lowest BCUT2D eigenvalue weighted by molar-refractivity contribution is 0.0961. The highest BCUT2D eigenvalue weighted by atomic mass is 16.2. The molecule has 1 amide bonds. The summed E-state index contributed by atoms with van der Waals surface area (Å²) in [5.74, 6) is -0.359. The summed E-state index contributed by atoms with van der Waals surface area (Å²) in [5, 5.41) is 3.01. The average Bonchev–Trinajstić information content (AvgIpc) is 2.84. The molecule has 1 aliphatic carbocycles. The van der Waals surface area contributed by atoms with E-state index in [1.54, 1.807) is 12.3 Å². The van der Waals surface area contributed by atoms with Gasteiger partial charge in [0.25, 0.3) is 5.91 Å². The van der Waals surface area contributed by atoms with E-state index in [1.807, 2.05) is 12.1 Å². The fraction of sp³-hybridized carbons (Fsp3) is 0.444. The number of rotatable bonds is 2. The monoisotopic (exact) mass is 313 g/mol. The molecule has 5 nitrogen and oxygen atoms in total. The summed E-state index contributed by atoms with van der Waals surface area (Å²) >= 11 is 0. The molecular formula is C18H23N3O2. The maximum atomic E-state index is 12.7. The zero-order valence-electron chi connectivity index (χ0n) is 13.5. The molecule has 3 N–H and O–H groups in total. The summed E-state index contributed by atoms with van der Waals surface area (Å²) in [7, 11) is 1.54. The standard InChI is InChI=1S/C18H23N3O2/c1-20-18(23)13-11-21(12-7-4-2-3-5-8-12)15-10-6-9-14(19)16(15)17(13)22/h6,9-12H,2-5,7-8,19H2,1H3,(H,20,23). The molecular weight excluding hydrogens is 290 g/mol. The zero-order valence-corrected chi connectivity index (χ0v) is 13.5. The molecule has 0 bridgehead atoms. The lowest BCUT2D eigenvalue weighted by atomic mass is 10.0. The summed E-state index contributed by atoms with van der Waals surface area (Å²) in [5.41, 5.74) is 7.19. The second kappa shape index (κ2) is 6.44. The molecule has 0 aliphatic heterocycles. The molecule has 1 saturated carbocycles. The molecule has 1 aliphatic rings. The summed E-state index contributed by atoms with van der Waals surface area (Å²) in [6, 6.07) is 5.82. The van der Waals surface area contributed by atoms with Crippen molar-refractivity contribution in [1.29, 1.82) is 0 Å². The second-order valence-electron chi connectivity index (χ2n) is 6.25. The Labute approximate surface area is 135 Å². The SMILES string of the molecule is CNC(=O)c1cn(C2CCCCCC2)c2cccc(N)c2c1=O. The van der Waals surface area contributed by atoms with Crippen LogP contribution in [-0.4, -0.2) is 17.5 Å². The highest BCUT2D eigenvalue weighted by Gasteiger charge is 2.21. The number of fused-ring (bicyclic) bond motifs is 1. The zero-order chi connectivity index (χ0) is 16.4. The number of hydrogen-bond acceptors (Lipinski definition) is 3. The van der Waals surface area contributed by atoms with Gasteiger partial charge in [-0.05, 0) is 25.0 Å². The van der Waals surface area contributed by atoms with E-state index < -0.39 is 0 Å². The van der Waals surface area contributed by atoms with Crippen LogP contribution in [0.2, 0.25) is 0 Å². The van der Waals surface area contributed by atoms with Gasteiger partial charge < -0.3 is 15.6 Å². The number of amides is 1. The van der Waals surface area contributed by atoms with Crippen LogP contribution in [0.15, 0.2) is 29.2 Å². The van der Waals surface area contributed by atoms with Crippen molar-refractivity contribution in [2.75, 3.05) is 12.8 Å². The highest BCUT2D eigenvalue weighted by molar-refractivity contribution is 6.00. The lowest BCUT2D eigenvalue weighted by Gasteiger charge is -2.22. The summed E-state index contributed by atoms with van der Waals surface area (Å²) < 4.78 is 2.10. The van der Waals surface area contributed by atoms with Crippen LogP contribution in [-0.2, 0) is 0 Å². The van der Waals surface area contributed by atoms with Crippen LogP contribution in [0.5, 0.6) is 0 Å². The second-order valence-corrected chi connectivity index (χ2v) is 6.25. The van der Waals surface area contributed by atoms with Gasteiger partial charge in [0.15, 0.2) is 0 Å². The van der Waals surface area contributed by atoms with Gasteiger partial charge >= 0.3 is 0 Å². The quantitative estimate of drug-likeness (QED) is 0.661. The van der Waals surface area contributed by atoms with Crippen LogP contribution in [0, 0.1) is 0 Å². The van der Waals surface area contributed by atoms with Crippen LogP contribution >= 0.6 is 0 Å². The van der Waals surface area contributed by atoms with Gasteiger partial charge in [0.2, 0.25) is 5.43 Å².